The van der Waals surface area contributed by atoms with E-state index < -0.39 is 0 Å². The van der Waals surface area contributed by atoms with Crippen molar-refractivity contribution in [1.29, 1.82) is 0 Å². The van der Waals surface area contributed by atoms with Gasteiger partial charge in [0.25, 0.3) is 5.91 Å². The minimum Gasteiger partial charge on any atom is -0.303 e. The number of unbranched alkanes of at least 4 members (excludes halogenated alkanes) is 1. The summed E-state index contributed by atoms with van der Waals surface area (Å²) in [6.07, 6.45) is 6.69. The molecule has 0 radical (unpaired) electrons. The van der Waals surface area contributed by atoms with E-state index in [0.29, 0.717) is 24.2 Å². The fourth-order valence-electron chi connectivity index (χ4n) is 1.90. The van der Waals surface area contributed by atoms with E-state index in [4.69, 9.17) is 0 Å². The molecule has 0 aliphatic heterocycles. The fourth-order valence-corrected chi connectivity index (χ4v) is 2.44. The first-order valence-electron chi connectivity index (χ1n) is 7.20. The molecule has 0 N–H and O–H groups in total. The Kier molecular flexibility index (Phi) is 8.22. The quantitative estimate of drug-likeness (QED) is 0.399. The molecule has 0 aromatic heterocycles. The maximum atomic E-state index is 12.3. The van der Waals surface area contributed by atoms with Gasteiger partial charge in [0.2, 0.25) is 6.41 Å². The first kappa shape index (κ1) is 18.2. The van der Waals surface area contributed by atoms with Gasteiger partial charge >= 0.3 is 0 Å². The van der Waals surface area contributed by atoms with E-state index >= 15 is 0 Å². The van der Waals surface area contributed by atoms with Gasteiger partial charge in [0.15, 0.2) is 0 Å². The topological polar surface area (TPSA) is 54.5 Å². The zero-order valence-electron chi connectivity index (χ0n) is 13.0. The summed E-state index contributed by atoms with van der Waals surface area (Å²) >= 11 is 1.31. The van der Waals surface area contributed by atoms with Crippen molar-refractivity contribution in [3.63, 3.8) is 0 Å². The average molecular weight is 319 g/mol. The lowest BCUT2D eigenvalue weighted by Crippen LogP contribution is -2.31. The molecule has 0 saturated carbocycles. The number of hydrogen-bond donors (Lipinski definition) is 0. The van der Waals surface area contributed by atoms with Gasteiger partial charge in [-0.15, -0.1) is 11.8 Å². The number of benzene rings is 1. The SMILES string of the molecule is CCc1ccc(/C=C(\SC)C(=O)N(C=O)CCCC=O)cc1. The summed E-state index contributed by atoms with van der Waals surface area (Å²) in [5, 5.41) is 0. The second-order valence-electron chi connectivity index (χ2n) is 4.72. The van der Waals surface area contributed by atoms with Crippen molar-refractivity contribution in [3.8, 4) is 0 Å². The molecule has 1 aromatic carbocycles. The number of aldehydes is 1. The Morgan fingerprint density at radius 1 is 1.23 bits per heavy atom. The van der Waals surface area contributed by atoms with Gasteiger partial charge in [0.05, 0.1) is 4.91 Å². The normalized spacial score (nSPS) is 11.1. The molecule has 22 heavy (non-hydrogen) atoms. The van der Waals surface area contributed by atoms with Gasteiger partial charge in [0.1, 0.15) is 6.29 Å². The monoisotopic (exact) mass is 319 g/mol. The molecule has 0 aliphatic carbocycles. The number of imide groups is 1. The van der Waals surface area contributed by atoms with Crippen molar-refractivity contribution in [3.05, 3.63) is 40.3 Å². The number of thioether (sulfide) groups is 1. The van der Waals surface area contributed by atoms with Gasteiger partial charge in [0, 0.05) is 13.0 Å². The molecule has 5 heteroatoms. The third-order valence-corrected chi connectivity index (χ3v) is 3.96. The highest BCUT2D eigenvalue weighted by Crippen LogP contribution is 2.19. The molecular weight excluding hydrogens is 298 g/mol. The summed E-state index contributed by atoms with van der Waals surface area (Å²) in [4.78, 5) is 35.4. The Hall–Kier alpha value is -1.88. The summed E-state index contributed by atoms with van der Waals surface area (Å²) in [6.45, 7) is 2.34. The summed E-state index contributed by atoms with van der Waals surface area (Å²) in [7, 11) is 0. The maximum absolute atomic E-state index is 12.3. The molecule has 0 bridgehead atoms. The standard InChI is InChI=1S/C17H21NO3S/c1-3-14-6-8-15(9-7-14)12-16(22-2)17(21)18(13-20)10-4-5-11-19/h6-9,11-13H,3-5,10H2,1-2H3/b16-12-. The second-order valence-corrected chi connectivity index (χ2v) is 5.57. The highest BCUT2D eigenvalue weighted by molar-refractivity contribution is 8.03. The minimum absolute atomic E-state index is 0.258. The molecule has 0 fully saturated rings. The van der Waals surface area contributed by atoms with E-state index in [1.165, 1.54) is 17.3 Å². The van der Waals surface area contributed by atoms with Gasteiger partial charge < -0.3 is 4.79 Å². The van der Waals surface area contributed by atoms with Crippen molar-refractivity contribution in [2.45, 2.75) is 26.2 Å². The molecular formula is C17H21NO3S. The molecule has 0 spiro atoms. The van der Waals surface area contributed by atoms with Crippen LogP contribution in [0.2, 0.25) is 0 Å². The van der Waals surface area contributed by atoms with Gasteiger partial charge in [-0.25, -0.2) is 0 Å². The molecule has 0 saturated heterocycles. The lowest BCUT2D eigenvalue weighted by atomic mass is 10.1. The predicted octanol–water partition coefficient (Wildman–Crippen LogP) is 2.92. The van der Waals surface area contributed by atoms with Crippen molar-refractivity contribution >= 4 is 36.4 Å². The van der Waals surface area contributed by atoms with Crippen LogP contribution < -0.4 is 0 Å². The zero-order valence-corrected chi connectivity index (χ0v) is 13.8. The van der Waals surface area contributed by atoms with Crippen LogP contribution in [0.25, 0.3) is 6.08 Å². The van der Waals surface area contributed by atoms with Gasteiger partial charge in [-0.2, -0.15) is 0 Å². The molecule has 1 aromatic rings. The van der Waals surface area contributed by atoms with Crippen LogP contribution in [-0.4, -0.2) is 36.3 Å². The summed E-state index contributed by atoms with van der Waals surface area (Å²) < 4.78 is 0. The van der Waals surface area contributed by atoms with E-state index in [1.807, 2.05) is 24.3 Å². The first-order valence-corrected chi connectivity index (χ1v) is 8.43. The third-order valence-electron chi connectivity index (χ3n) is 3.23. The Labute approximate surface area is 135 Å². The van der Waals surface area contributed by atoms with Crippen molar-refractivity contribution in [2.24, 2.45) is 0 Å². The number of hydrogen-bond acceptors (Lipinski definition) is 4. The number of aryl methyl sites for hydroxylation is 1. The Morgan fingerprint density at radius 3 is 2.41 bits per heavy atom. The molecule has 118 valence electrons. The molecule has 0 atom stereocenters. The van der Waals surface area contributed by atoms with E-state index in [9.17, 15) is 14.4 Å². The van der Waals surface area contributed by atoms with Crippen LogP contribution in [-0.2, 0) is 20.8 Å². The van der Waals surface area contributed by atoms with Crippen molar-refractivity contribution < 1.29 is 14.4 Å². The van der Waals surface area contributed by atoms with E-state index in [1.54, 1.807) is 12.3 Å². The first-order chi connectivity index (χ1) is 10.7. The van der Waals surface area contributed by atoms with Crippen LogP contribution in [0.15, 0.2) is 29.2 Å². The summed E-state index contributed by atoms with van der Waals surface area (Å²) in [6, 6.07) is 7.96. The van der Waals surface area contributed by atoms with E-state index in [2.05, 4.69) is 6.92 Å². The zero-order chi connectivity index (χ0) is 16.4. The number of carbonyl (C=O) groups is 3. The van der Waals surface area contributed by atoms with Crippen LogP contribution >= 0.6 is 11.8 Å². The lowest BCUT2D eigenvalue weighted by Gasteiger charge is -2.16. The molecule has 2 amide bonds. The number of amides is 2. The Morgan fingerprint density at radius 2 is 1.91 bits per heavy atom. The van der Waals surface area contributed by atoms with Crippen molar-refractivity contribution in [1.82, 2.24) is 4.90 Å². The second kappa shape index (κ2) is 9.95. The van der Waals surface area contributed by atoms with E-state index in [0.717, 1.165) is 23.2 Å². The van der Waals surface area contributed by atoms with Crippen LogP contribution in [0.4, 0.5) is 0 Å². The summed E-state index contributed by atoms with van der Waals surface area (Å²) in [5.74, 6) is -0.326. The molecule has 4 nitrogen and oxygen atoms in total. The third kappa shape index (κ3) is 5.48. The number of rotatable bonds is 9. The van der Waals surface area contributed by atoms with E-state index in [-0.39, 0.29) is 12.5 Å². The highest BCUT2D eigenvalue weighted by atomic mass is 32.2. The number of nitrogens with zero attached hydrogens (tertiary/aromatic N) is 1. The molecule has 1 rings (SSSR count). The predicted molar refractivity (Wildman–Crippen MR) is 90.4 cm³/mol. The van der Waals surface area contributed by atoms with Crippen molar-refractivity contribution in [2.75, 3.05) is 12.8 Å². The van der Waals surface area contributed by atoms with Crippen LogP contribution in [0.1, 0.15) is 30.9 Å². The van der Waals surface area contributed by atoms with Crippen LogP contribution in [0.3, 0.4) is 0 Å². The fraction of sp³-hybridized carbons (Fsp3) is 0.353. The highest BCUT2D eigenvalue weighted by Gasteiger charge is 2.16. The van der Waals surface area contributed by atoms with Gasteiger partial charge in [-0.3, -0.25) is 14.5 Å². The Balaban J connectivity index is 2.86. The molecule has 0 unspecified atom stereocenters. The van der Waals surface area contributed by atoms with Gasteiger partial charge in [-0.1, -0.05) is 31.2 Å². The van der Waals surface area contributed by atoms with Gasteiger partial charge in [-0.05, 0) is 36.3 Å². The van der Waals surface area contributed by atoms with Crippen LogP contribution in [0, 0.1) is 0 Å². The lowest BCUT2D eigenvalue weighted by molar-refractivity contribution is -0.134. The van der Waals surface area contributed by atoms with Crippen LogP contribution in [0.5, 0.6) is 0 Å². The number of carbonyl (C=O) groups excluding carboxylic acids is 3. The molecule has 0 aliphatic rings. The largest absolute Gasteiger partial charge is 0.303 e. The summed E-state index contributed by atoms with van der Waals surface area (Å²) in [5.41, 5.74) is 2.16. The maximum Gasteiger partial charge on any atom is 0.266 e. The molecule has 0 heterocycles. The smallest absolute Gasteiger partial charge is 0.266 e. The Bertz CT molecular complexity index is 537. The minimum atomic E-state index is -0.326. The average Bonchev–Trinajstić information content (AvgIpc) is 2.56.